The van der Waals surface area contributed by atoms with Crippen molar-refractivity contribution in [3.05, 3.63) is 68.7 Å². The van der Waals surface area contributed by atoms with Gasteiger partial charge in [-0.2, -0.15) is 5.26 Å². The number of nitriles is 1. The Morgan fingerprint density at radius 3 is 2.48 bits per heavy atom. The fraction of sp³-hybridized carbons (Fsp3) is 0. The van der Waals surface area contributed by atoms with Crippen molar-refractivity contribution in [3.8, 4) is 6.07 Å². The predicted octanol–water partition coefficient (Wildman–Crippen LogP) is 3.37. The average molecular weight is 302 g/mol. The normalized spacial score (nSPS) is 9.71. The van der Waals surface area contributed by atoms with Gasteiger partial charge in [-0.1, -0.05) is 11.6 Å². The van der Waals surface area contributed by atoms with Crippen molar-refractivity contribution in [3.63, 3.8) is 0 Å². The Labute approximate surface area is 124 Å². The van der Waals surface area contributed by atoms with Gasteiger partial charge in [0.25, 0.3) is 11.6 Å². The predicted molar refractivity (Wildman–Crippen MR) is 77.2 cm³/mol. The lowest BCUT2D eigenvalue weighted by Gasteiger charge is -2.05. The molecule has 0 atom stereocenters. The fourth-order valence-corrected chi connectivity index (χ4v) is 1.87. The fourth-order valence-electron chi connectivity index (χ4n) is 1.64. The van der Waals surface area contributed by atoms with Gasteiger partial charge in [0.05, 0.1) is 16.6 Å². The van der Waals surface area contributed by atoms with Crippen LogP contribution in [-0.2, 0) is 0 Å². The Kier molecular flexibility index (Phi) is 4.16. The van der Waals surface area contributed by atoms with Crippen LogP contribution in [0.1, 0.15) is 15.9 Å². The molecule has 1 amide bonds. The molecule has 1 N–H and O–H groups in total. The van der Waals surface area contributed by atoms with E-state index < -0.39 is 10.8 Å². The number of nitro benzene ring substituents is 1. The van der Waals surface area contributed by atoms with E-state index in [0.29, 0.717) is 11.3 Å². The van der Waals surface area contributed by atoms with Gasteiger partial charge in [-0.3, -0.25) is 14.9 Å². The molecule has 0 aliphatic carbocycles. The number of benzene rings is 2. The standard InChI is InChI=1S/C14H8ClN3O3/c15-11-5-10(6-13(7-11)18(20)21)14(19)17-12-3-1-9(8-16)2-4-12/h1-7H,(H,17,19). The largest absolute Gasteiger partial charge is 0.322 e. The van der Waals surface area contributed by atoms with Gasteiger partial charge in [-0.25, -0.2) is 0 Å². The van der Waals surface area contributed by atoms with Crippen molar-refractivity contribution in [2.45, 2.75) is 0 Å². The van der Waals surface area contributed by atoms with Crippen LogP contribution >= 0.6 is 11.6 Å². The summed E-state index contributed by atoms with van der Waals surface area (Å²) in [4.78, 5) is 22.2. The SMILES string of the molecule is N#Cc1ccc(NC(=O)c2cc(Cl)cc([N+](=O)[O-])c2)cc1. The summed E-state index contributed by atoms with van der Waals surface area (Å²) < 4.78 is 0. The van der Waals surface area contributed by atoms with Crippen molar-refractivity contribution < 1.29 is 9.72 Å². The molecular formula is C14H8ClN3O3. The van der Waals surface area contributed by atoms with E-state index in [9.17, 15) is 14.9 Å². The maximum Gasteiger partial charge on any atom is 0.271 e. The Hall–Kier alpha value is -2.91. The van der Waals surface area contributed by atoms with Crippen LogP contribution in [0.25, 0.3) is 0 Å². The molecule has 6 nitrogen and oxygen atoms in total. The zero-order valence-electron chi connectivity index (χ0n) is 10.5. The quantitative estimate of drug-likeness (QED) is 0.694. The molecule has 0 aromatic heterocycles. The van der Waals surface area contributed by atoms with E-state index in [-0.39, 0.29) is 16.3 Å². The lowest BCUT2D eigenvalue weighted by Crippen LogP contribution is -2.12. The van der Waals surface area contributed by atoms with E-state index in [4.69, 9.17) is 16.9 Å². The number of rotatable bonds is 3. The minimum Gasteiger partial charge on any atom is -0.322 e. The van der Waals surface area contributed by atoms with Crippen molar-refractivity contribution in [1.29, 1.82) is 5.26 Å². The second-order valence-electron chi connectivity index (χ2n) is 4.10. The molecule has 104 valence electrons. The van der Waals surface area contributed by atoms with E-state index in [1.165, 1.54) is 12.1 Å². The zero-order valence-corrected chi connectivity index (χ0v) is 11.3. The van der Waals surface area contributed by atoms with Crippen LogP contribution in [0, 0.1) is 21.4 Å². The Morgan fingerprint density at radius 1 is 1.24 bits per heavy atom. The first kappa shape index (κ1) is 14.5. The van der Waals surface area contributed by atoms with E-state index in [1.54, 1.807) is 24.3 Å². The maximum atomic E-state index is 12.0. The highest BCUT2D eigenvalue weighted by Gasteiger charge is 2.14. The second-order valence-corrected chi connectivity index (χ2v) is 4.53. The molecule has 0 radical (unpaired) electrons. The molecule has 0 unspecified atom stereocenters. The topological polar surface area (TPSA) is 96.0 Å². The molecule has 2 aromatic rings. The first-order valence-corrected chi connectivity index (χ1v) is 6.14. The molecule has 0 saturated carbocycles. The summed E-state index contributed by atoms with van der Waals surface area (Å²) in [6.45, 7) is 0. The Morgan fingerprint density at radius 2 is 1.90 bits per heavy atom. The van der Waals surface area contributed by atoms with Crippen molar-refractivity contribution in [1.82, 2.24) is 0 Å². The summed E-state index contributed by atoms with van der Waals surface area (Å²) in [5.41, 5.74) is 0.763. The number of nitrogens with zero attached hydrogens (tertiary/aromatic N) is 2. The third kappa shape index (κ3) is 3.55. The minimum atomic E-state index is -0.621. The van der Waals surface area contributed by atoms with Gasteiger partial charge >= 0.3 is 0 Å². The molecule has 0 aliphatic heterocycles. The number of carbonyl (C=O) groups is 1. The summed E-state index contributed by atoms with van der Waals surface area (Å²) in [5.74, 6) is -0.523. The Balaban J connectivity index is 2.23. The van der Waals surface area contributed by atoms with Gasteiger partial charge in [0.15, 0.2) is 0 Å². The smallest absolute Gasteiger partial charge is 0.271 e. The summed E-state index contributed by atoms with van der Waals surface area (Å²) in [6, 6.07) is 11.8. The molecule has 0 saturated heterocycles. The number of halogens is 1. The van der Waals surface area contributed by atoms with Gasteiger partial charge in [0, 0.05) is 28.4 Å². The lowest BCUT2D eigenvalue weighted by atomic mass is 10.1. The van der Waals surface area contributed by atoms with Crippen LogP contribution in [0.15, 0.2) is 42.5 Å². The third-order valence-corrected chi connectivity index (χ3v) is 2.85. The number of hydrogen-bond donors (Lipinski definition) is 1. The van der Waals surface area contributed by atoms with E-state index in [0.717, 1.165) is 6.07 Å². The van der Waals surface area contributed by atoms with Crippen LogP contribution < -0.4 is 5.32 Å². The summed E-state index contributed by atoms with van der Waals surface area (Å²) in [6.07, 6.45) is 0. The van der Waals surface area contributed by atoms with Crippen LogP contribution in [0.5, 0.6) is 0 Å². The van der Waals surface area contributed by atoms with E-state index >= 15 is 0 Å². The van der Waals surface area contributed by atoms with Crippen molar-refractivity contribution >= 4 is 28.9 Å². The van der Waals surface area contributed by atoms with Gasteiger partial charge < -0.3 is 5.32 Å². The van der Waals surface area contributed by atoms with Crippen LogP contribution in [0.3, 0.4) is 0 Å². The van der Waals surface area contributed by atoms with E-state index in [1.807, 2.05) is 6.07 Å². The van der Waals surface area contributed by atoms with Crippen LogP contribution in [-0.4, -0.2) is 10.8 Å². The number of non-ortho nitro benzene ring substituents is 1. The number of carbonyl (C=O) groups excluding carboxylic acids is 1. The van der Waals surface area contributed by atoms with Gasteiger partial charge in [-0.05, 0) is 30.3 Å². The molecule has 0 spiro atoms. The summed E-state index contributed by atoms with van der Waals surface area (Å²) in [7, 11) is 0. The third-order valence-electron chi connectivity index (χ3n) is 2.63. The van der Waals surface area contributed by atoms with Crippen molar-refractivity contribution in [2.75, 3.05) is 5.32 Å². The molecule has 21 heavy (non-hydrogen) atoms. The number of nitrogens with one attached hydrogen (secondary N) is 1. The Bertz CT molecular complexity index is 751. The highest BCUT2D eigenvalue weighted by Crippen LogP contribution is 2.21. The van der Waals surface area contributed by atoms with Crippen LogP contribution in [0.2, 0.25) is 5.02 Å². The number of nitro groups is 1. The average Bonchev–Trinajstić information content (AvgIpc) is 2.47. The molecule has 2 aromatic carbocycles. The number of amides is 1. The van der Waals surface area contributed by atoms with Gasteiger partial charge in [-0.15, -0.1) is 0 Å². The molecule has 0 fully saturated rings. The van der Waals surface area contributed by atoms with Crippen molar-refractivity contribution in [2.24, 2.45) is 0 Å². The number of anilines is 1. The minimum absolute atomic E-state index is 0.0820. The maximum absolute atomic E-state index is 12.0. The molecule has 0 heterocycles. The molecule has 7 heteroatoms. The van der Waals surface area contributed by atoms with Gasteiger partial charge in [0.2, 0.25) is 0 Å². The zero-order chi connectivity index (χ0) is 15.4. The van der Waals surface area contributed by atoms with Gasteiger partial charge in [0.1, 0.15) is 0 Å². The second kappa shape index (κ2) is 6.03. The summed E-state index contributed by atoms with van der Waals surface area (Å²) >= 11 is 5.76. The highest BCUT2D eigenvalue weighted by atomic mass is 35.5. The highest BCUT2D eigenvalue weighted by molar-refractivity contribution is 6.31. The molecule has 0 bridgehead atoms. The van der Waals surface area contributed by atoms with Crippen LogP contribution in [0.4, 0.5) is 11.4 Å². The molecular weight excluding hydrogens is 294 g/mol. The lowest BCUT2D eigenvalue weighted by molar-refractivity contribution is -0.384. The first-order chi connectivity index (χ1) is 9.99. The monoisotopic (exact) mass is 301 g/mol. The van der Waals surface area contributed by atoms with E-state index in [2.05, 4.69) is 5.32 Å². The number of hydrogen-bond acceptors (Lipinski definition) is 4. The summed E-state index contributed by atoms with van der Waals surface area (Å²) in [5, 5.41) is 22.1. The molecule has 2 rings (SSSR count). The first-order valence-electron chi connectivity index (χ1n) is 5.76. The molecule has 0 aliphatic rings.